The first kappa shape index (κ1) is 13.8. The van der Waals surface area contributed by atoms with E-state index in [4.69, 9.17) is 16.3 Å². The average Bonchev–Trinajstić information content (AvgIpc) is 2.36. The van der Waals surface area contributed by atoms with Crippen LogP contribution >= 0.6 is 11.6 Å². The van der Waals surface area contributed by atoms with E-state index >= 15 is 0 Å². The van der Waals surface area contributed by atoms with Crippen LogP contribution in [-0.2, 0) is 0 Å². The molecule has 0 radical (unpaired) electrons. The third-order valence-electron chi connectivity index (χ3n) is 2.86. The Balaban J connectivity index is 2.96. The van der Waals surface area contributed by atoms with Gasteiger partial charge in [-0.15, -0.1) is 11.6 Å². The van der Waals surface area contributed by atoms with E-state index in [9.17, 15) is 4.79 Å². The molecule has 1 atom stereocenters. The van der Waals surface area contributed by atoms with Crippen molar-refractivity contribution in [2.75, 3.05) is 20.0 Å². The molecule has 1 rings (SSSR count). The zero-order valence-corrected chi connectivity index (χ0v) is 11.4. The van der Waals surface area contributed by atoms with E-state index in [1.807, 2.05) is 19.9 Å². The predicted molar refractivity (Wildman–Crippen MR) is 70.0 cm³/mol. The molecule has 0 aromatic heterocycles. The maximum absolute atomic E-state index is 12.1. The number of methoxy groups -OCH3 is 1. The quantitative estimate of drug-likeness (QED) is 0.775. The Morgan fingerprint density at radius 2 is 2.18 bits per heavy atom. The number of carbonyl (C=O) groups is 1. The Morgan fingerprint density at radius 1 is 1.53 bits per heavy atom. The first-order valence-electron chi connectivity index (χ1n) is 5.49. The molecule has 0 aliphatic carbocycles. The fourth-order valence-corrected chi connectivity index (χ4v) is 1.67. The Morgan fingerprint density at radius 3 is 2.71 bits per heavy atom. The lowest BCUT2D eigenvalue weighted by molar-refractivity contribution is 0.0756. The first-order valence-corrected chi connectivity index (χ1v) is 6.02. The van der Waals surface area contributed by atoms with Crippen LogP contribution in [0.25, 0.3) is 0 Å². The number of benzene rings is 1. The van der Waals surface area contributed by atoms with E-state index in [0.29, 0.717) is 11.4 Å². The molecule has 1 unspecified atom stereocenters. The molecule has 0 spiro atoms. The third kappa shape index (κ3) is 3.13. The lowest BCUT2D eigenvalue weighted by Gasteiger charge is -2.23. The van der Waals surface area contributed by atoms with Gasteiger partial charge in [0.2, 0.25) is 0 Å². The molecule has 1 amide bonds. The number of rotatable bonds is 4. The second-order valence-electron chi connectivity index (χ2n) is 4.10. The summed E-state index contributed by atoms with van der Waals surface area (Å²) >= 11 is 5.74. The molecule has 0 aliphatic heterocycles. The fraction of sp³-hybridized carbons (Fsp3) is 0.462. The molecule has 0 fully saturated rings. The van der Waals surface area contributed by atoms with E-state index in [1.54, 1.807) is 31.2 Å². The number of amides is 1. The highest BCUT2D eigenvalue weighted by molar-refractivity contribution is 6.18. The van der Waals surface area contributed by atoms with Gasteiger partial charge < -0.3 is 9.64 Å². The normalized spacial score (nSPS) is 12.1. The molecule has 3 nitrogen and oxygen atoms in total. The van der Waals surface area contributed by atoms with Crippen molar-refractivity contribution in [3.63, 3.8) is 0 Å². The van der Waals surface area contributed by atoms with Crippen molar-refractivity contribution in [3.05, 3.63) is 29.3 Å². The van der Waals surface area contributed by atoms with Gasteiger partial charge in [0.05, 0.1) is 7.11 Å². The van der Waals surface area contributed by atoms with Crippen LogP contribution in [0.1, 0.15) is 22.8 Å². The monoisotopic (exact) mass is 255 g/mol. The van der Waals surface area contributed by atoms with Crippen molar-refractivity contribution in [2.24, 2.45) is 0 Å². The molecular weight excluding hydrogens is 238 g/mol. The third-order valence-corrected chi connectivity index (χ3v) is 3.31. The van der Waals surface area contributed by atoms with E-state index in [-0.39, 0.29) is 11.9 Å². The minimum absolute atomic E-state index is 0.0106. The fourth-order valence-electron chi connectivity index (χ4n) is 1.46. The molecule has 0 heterocycles. The van der Waals surface area contributed by atoms with Gasteiger partial charge in [0, 0.05) is 24.5 Å². The second-order valence-corrected chi connectivity index (χ2v) is 4.41. The van der Waals surface area contributed by atoms with Gasteiger partial charge in [-0.3, -0.25) is 4.79 Å². The maximum Gasteiger partial charge on any atom is 0.254 e. The molecule has 0 bridgehead atoms. The summed E-state index contributed by atoms with van der Waals surface area (Å²) in [5, 5.41) is 0. The van der Waals surface area contributed by atoms with Crippen LogP contribution in [0.3, 0.4) is 0 Å². The van der Waals surface area contributed by atoms with Gasteiger partial charge in [-0.2, -0.15) is 0 Å². The molecule has 0 saturated carbocycles. The van der Waals surface area contributed by atoms with Crippen LogP contribution < -0.4 is 4.74 Å². The zero-order valence-electron chi connectivity index (χ0n) is 10.7. The van der Waals surface area contributed by atoms with Crippen molar-refractivity contribution in [1.29, 1.82) is 0 Å². The van der Waals surface area contributed by atoms with Crippen molar-refractivity contribution < 1.29 is 9.53 Å². The Hall–Kier alpha value is -1.22. The predicted octanol–water partition coefficient (Wildman–Crippen LogP) is 2.70. The zero-order chi connectivity index (χ0) is 13.0. The molecule has 0 aliphatic rings. The van der Waals surface area contributed by atoms with Crippen LogP contribution in [0.2, 0.25) is 0 Å². The smallest absolute Gasteiger partial charge is 0.254 e. The number of aryl methyl sites for hydroxylation is 1. The van der Waals surface area contributed by atoms with Crippen molar-refractivity contribution in [3.8, 4) is 5.75 Å². The van der Waals surface area contributed by atoms with Gasteiger partial charge in [-0.1, -0.05) is 6.07 Å². The van der Waals surface area contributed by atoms with Gasteiger partial charge in [0.15, 0.2) is 0 Å². The summed E-state index contributed by atoms with van der Waals surface area (Å²) in [5.74, 6) is 1.10. The highest BCUT2D eigenvalue weighted by atomic mass is 35.5. The summed E-state index contributed by atoms with van der Waals surface area (Å²) in [6.45, 7) is 3.86. The molecule has 4 heteroatoms. The van der Waals surface area contributed by atoms with Crippen molar-refractivity contribution in [2.45, 2.75) is 19.9 Å². The van der Waals surface area contributed by atoms with Gasteiger partial charge in [0.1, 0.15) is 5.75 Å². The summed E-state index contributed by atoms with van der Waals surface area (Å²) in [5.41, 5.74) is 1.63. The highest BCUT2D eigenvalue weighted by Crippen LogP contribution is 2.20. The second kappa shape index (κ2) is 5.92. The van der Waals surface area contributed by atoms with E-state index in [0.717, 1.165) is 11.3 Å². The summed E-state index contributed by atoms with van der Waals surface area (Å²) in [6.07, 6.45) is 0. The van der Waals surface area contributed by atoms with Crippen molar-refractivity contribution in [1.82, 2.24) is 4.90 Å². The summed E-state index contributed by atoms with van der Waals surface area (Å²) in [4.78, 5) is 13.8. The Bertz CT molecular complexity index is 406. The number of halogens is 1. The summed E-state index contributed by atoms with van der Waals surface area (Å²) in [6, 6.07) is 5.45. The standard InChI is InChI=1S/C13H18ClNO2/c1-9-5-6-11(7-12(9)17-4)13(16)15(3)10(2)8-14/h5-7,10H,8H2,1-4H3. The minimum Gasteiger partial charge on any atom is -0.496 e. The largest absolute Gasteiger partial charge is 0.496 e. The van der Waals surface area contributed by atoms with E-state index < -0.39 is 0 Å². The molecule has 94 valence electrons. The van der Waals surface area contributed by atoms with Crippen LogP contribution in [0.15, 0.2) is 18.2 Å². The SMILES string of the molecule is COc1cc(C(=O)N(C)C(C)CCl)ccc1C. The van der Waals surface area contributed by atoms with Crippen LogP contribution in [-0.4, -0.2) is 36.9 Å². The topological polar surface area (TPSA) is 29.5 Å². The van der Waals surface area contributed by atoms with Gasteiger partial charge in [-0.05, 0) is 31.5 Å². The lowest BCUT2D eigenvalue weighted by atomic mass is 10.1. The summed E-state index contributed by atoms with van der Waals surface area (Å²) < 4.78 is 5.21. The lowest BCUT2D eigenvalue weighted by Crippen LogP contribution is -2.36. The number of nitrogens with zero attached hydrogens (tertiary/aromatic N) is 1. The Kier molecular flexibility index (Phi) is 4.82. The molecule has 1 aromatic carbocycles. The minimum atomic E-state index is -0.0450. The van der Waals surface area contributed by atoms with Crippen LogP contribution in [0, 0.1) is 6.92 Å². The number of alkyl halides is 1. The summed E-state index contributed by atoms with van der Waals surface area (Å²) in [7, 11) is 3.35. The molecular formula is C13H18ClNO2. The maximum atomic E-state index is 12.1. The van der Waals surface area contributed by atoms with E-state index in [1.165, 1.54) is 0 Å². The Labute approximate surface area is 107 Å². The van der Waals surface area contributed by atoms with Gasteiger partial charge in [-0.25, -0.2) is 0 Å². The molecule has 17 heavy (non-hydrogen) atoms. The van der Waals surface area contributed by atoms with Gasteiger partial charge in [0.25, 0.3) is 5.91 Å². The molecule has 0 N–H and O–H groups in total. The number of hydrogen-bond acceptors (Lipinski definition) is 2. The average molecular weight is 256 g/mol. The van der Waals surface area contributed by atoms with Crippen LogP contribution in [0.5, 0.6) is 5.75 Å². The number of hydrogen-bond donors (Lipinski definition) is 0. The molecule has 0 saturated heterocycles. The highest BCUT2D eigenvalue weighted by Gasteiger charge is 2.17. The van der Waals surface area contributed by atoms with Gasteiger partial charge >= 0.3 is 0 Å². The van der Waals surface area contributed by atoms with E-state index in [2.05, 4.69) is 0 Å². The van der Waals surface area contributed by atoms with Crippen LogP contribution in [0.4, 0.5) is 0 Å². The number of carbonyl (C=O) groups excluding carboxylic acids is 1. The number of ether oxygens (including phenoxy) is 1. The first-order chi connectivity index (χ1) is 8.01. The molecule has 1 aromatic rings. The van der Waals surface area contributed by atoms with Crippen molar-refractivity contribution >= 4 is 17.5 Å².